The predicted molar refractivity (Wildman–Crippen MR) is 123 cm³/mol. The van der Waals surface area contributed by atoms with Gasteiger partial charge in [0, 0.05) is 0 Å². The number of nitrogen functional groups attached to an aromatic ring is 1. The minimum absolute atomic E-state index is 0.186. The average Bonchev–Trinajstić information content (AvgIpc) is 3.44. The van der Waals surface area contributed by atoms with Crippen molar-refractivity contribution in [2.75, 3.05) is 18.9 Å². The lowest BCUT2D eigenvalue weighted by Gasteiger charge is -2.27. The first-order valence-corrected chi connectivity index (χ1v) is 12.5. The summed E-state index contributed by atoms with van der Waals surface area (Å²) in [6.45, 7) is 1.46. The van der Waals surface area contributed by atoms with E-state index in [1.807, 2.05) is 6.07 Å². The molecule has 0 bridgehead atoms. The Morgan fingerprint density at radius 2 is 2.19 bits per heavy atom. The molecule has 13 nitrogen and oxygen atoms in total. The monoisotopic (exact) mass is 516 g/mol. The molecule has 2 saturated heterocycles. The van der Waals surface area contributed by atoms with E-state index in [1.165, 1.54) is 10.8 Å². The maximum atomic E-state index is 12.2. The summed E-state index contributed by atoms with van der Waals surface area (Å²) in [6, 6.07) is 11.8. The topological polar surface area (TPSA) is 184 Å². The largest absolute Gasteiger partial charge is 0.573 e. The quantitative estimate of drug-likeness (QED) is 0.315. The Labute approximate surface area is 205 Å². The molecule has 0 aliphatic carbocycles. The summed E-state index contributed by atoms with van der Waals surface area (Å²) in [5.74, 6) is -0.347. The summed E-state index contributed by atoms with van der Waals surface area (Å²) in [7, 11) is -3.96. The van der Waals surface area contributed by atoms with E-state index in [0.717, 1.165) is 0 Å². The molecule has 0 spiro atoms. The predicted octanol–water partition coefficient (Wildman–Crippen LogP) is 1.27. The third-order valence-corrected chi connectivity index (χ3v) is 7.45. The highest BCUT2D eigenvalue weighted by Gasteiger charge is 2.67. The minimum atomic E-state index is -3.96. The van der Waals surface area contributed by atoms with Crippen LogP contribution in [-0.2, 0) is 35.3 Å². The van der Waals surface area contributed by atoms with Gasteiger partial charge in [-0.1, -0.05) is 18.2 Å². The van der Waals surface area contributed by atoms with Gasteiger partial charge in [-0.3, -0.25) is 0 Å². The lowest BCUT2D eigenvalue weighted by Crippen LogP contribution is -2.44. The van der Waals surface area contributed by atoms with Gasteiger partial charge >= 0.3 is 14.1 Å². The maximum Gasteiger partial charge on any atom is 0.573 e. The fourth-order valence-electron chi connectivity index (χ4n) is 4.29. The van der Waals surface area contributed by atoms with Crippen molar-refractivity contribution in [3.63, 3.8) is 0 Å². The number of rotatable bonds is 6. The van der Waals surface area contributed by atoms with E-state index in [0.29, 0.717) is 11.1 Å². The van der Waals surface area contributed by atoms with Crippen LogP contribution in [0.25, 0.3) is 5.52 Å². The van der Waals surface area contributed by atoms with Gasteiger partial charge in [0.1, 0.15) is 43.3 Å². The van der Waals surface area contributed by atoms with Crippen LogP contribution in [0.5, 0.6) is 0 Å². The van der Waals surface area contributed by atoms with E-state index in [2.05, 4.69) is 10.1 Å². The summed E-state index contributed by atoms with van der Waals surface area (Å²) in [5.41, 5.74) is 5.36. The van der Waals surface area contributed by atoms with Crippen molar-refractivity contribution < 1.29 is 37.8 Å². The zero-order valence-electron chi connectivity index (χ0n) is 19.1. The molecular formula is C22H23N5O8P+. The maximum absolute atomic E-state index is 12.2. The molecule has 4 heterocycles. The molecule has 2 fully saturated rings. The first kappa shape index (κ1) is 24.5. The molecule has 1 aromatic carbocycles. The van der Waals surface area contributed by atoms with Crippen LogP contribution in [0, 0.1) is 11.3 Å². The average molecular weight is 516 g/mol. The molecule has 3 aromatic rings. The smallest absolute Gasteiger partial charge is 0.462 e. The minimum Gasteiger partial charge on any atom is -0.462 e. The lowest BCUT2D eigenvalue weighted by atomic mass is 9.92. The Balaban J connectivity index is 1.37. The van der Waals surface area contributed by atoms with Crippen LogP contribution < -0.4 is 5.73 Å². The Bertz CT molecular complexity index is 1350. The van der Waals surface area contributed by atoms with Crippen LogP contribution in [-0.4, -0.2) is 62.1 Å². The Morgan fingerprint density at radius 1 is 1.39 bits per heavy atom. The summed E-state index contributed by atoms with van der Waals surface area (Å²) >= 11 is 0. The van der Waals surface area contributed by atoms with Crippen molar-refractivity contribution in [3.8, 4) is 6.07 Å². The SMILES string of the molecule is CCOC(=O)c1ccccc1CO[P+]1(O)OC[C@H]2O[C@@](C#N)(c3ccc4c(N)ncnn34)[C@H](O)[C@@H]2O1. The van der Waals surface area contributed by atoms with Gasteiger partial charge < -0.3 is 20.3 Å². The summed E-state index contributed by atoms with van der Waals surface area (Å²) in [5, 5.41) is 25.4. The van der Waals surface area contributed by atoms with Gasteiger partial charge in [-0.2, -0.15) is 19.8 Å². The van der Waals surface area contributed by atoms with Crippen molar-refractivity contribution in [2.24, 2.45) is 0 Å². The number of nitriles is 1. The third kappa shape index (κ3) is 3.99. The van der Waals surface area contributed by atoms with Crippen molar-refractivity contribution in [1.29, 1.82) is 5.26 Å². The molecule has 14 heteroatoms. The first-order valence-electron chi connectivity index (χ1n) is 11.0. The van der Waals surface area contributed by atoms with E-state index in [9.17, 15) is 20.1 Å². The van der Waals surface area contributed by atoms with Crippen LogP contribution in [0.2, 0.25) is 0 Å². The number of benzene rings is 1. The van der Waals surface area contributed by atoms with E-state index >= 15 is 0 Å². The second-order valence-corrected chi connectivity index (χ2v) is 9.76. The lowest BCUT2D eigenvalue weighted by molar-refractivity contribution is -0.0864. The molecular weight excluding hydrogens is 493 g/mol. The van der Waals surface area contributed by atoms with E-state index in [1.54, 1.807) is 43.3 Å². The van der Waals surface area contributed by atoms with Crippen LogP contribution in [0.4, 0.5) is 5.82 Å². The summed E-state index contributed by atoms with van der Waals surface area (Å²) < 4.78 is 29.1. The Kier molecular flexibility index (Phi) is 6.36. The number of fused-ring (bicyclic) bond motifs is 2. The normalized spacial score (nSPS) is 29.6. The van der Waals surface area contributed by atoms with Gasteiger partial charge in [-0.25, -0.2) is 14.3 Å². The fourth-order valence-corrected chi connectivity index (χ4v) is 5.68. The highest BCUT2D eigenvalue weighted by molar-refractivity contribution is 7.55. The number of esters is 1. The van der Waals surface area contributed by atoms with Crippen molar-refractivity contribution in [1.82, 2.24) is 14.6 Å². The van der Waals surface area contributed by atoms with Gasteiger partial charge in [-0.15, -0.1) is 9.05 Å². The zero-order valence-corrected chi connectivity index (χ0v) is 19.9. The number of hydrogen-bond donors (Lipinski definition) is 3. The van der Waals surface area contributed by atoms with E-state index < -0.39 is 38.1 Å². The molecule has 0 amide bonds. The van der Waals surface area contributed by atoms with Crippen molar-refractivity contribution in [2.45, 2.75) is 37.4 Å². The van der Waals surface area contributed by atoms with Crippen LogP contribution in [0.1, 0.15) is 28.5 Å². The van der Waals surface area contributed by atoms with Crippen molar-refractivity contribution in [3.05, 3.63) is 59.5 Å². The van der Waals surface area contributed by atoms with E-state index in [-0.39, 0.29) is 36.9 Å². The van der Waals surface area contributed by atoms with Gasteiger partial charge in [0.05, 0.1) is 17.9 Å². The number of nitrogens with zero attached hydrogens (tertiary/aromatic N) is 4. The molecule has 4 N–H and O–H groups in total. The highest BCUT2D eigenvalue weighted by Crippen LogP contribution is 2.64. The number of nitrogens with two attached hydrogens (primary N) is 1. The first-order chi connectivity index (χ1) is 17.3. The standard InChI is InChI=1S/C22H23N5O8P/c1-2-31-21(29)14-6-4-3-5-13(14)9-32-36(30)33-10-16-18(35-36)19(28)22(11-23,34-16)17-8-7-15-20(24)25-12-26-27(15)17/h3-8,12,16,18-19,28,30H,2,9-10H2,1H3,(H2,24,25,26)/q+1/t16-,18-,19-,22+,36?/m1/s1. The molecule has 2 aliphatic heterocycles. The number of aromatic nitrogens is 3. The van der Waals surface area contributed by atoms with Crippen molar-refractivity contribution >= 4 is 25.5 Å². The number of anilines is 1. The second-order valence-electron chi connectivity index (χ2n) is 8.09. The third-order valence-electron chi connectivity index (χ3n) is 6.01. The number of aliphatic hydroxyl groups is 1. The zero-order chi connectivity index (χ0) is 25.5. The molecule has 36 heavy (non-hydrogen) atoms. The van der Waals surface area contributed by atoms with Crippen LogP contribution in [0.3, 0.4) is 0 Å². The van der Waals surface area contributed by atoms with Gasteiger partial charge in [-0.05, 0) is 30.7 Å². The number of carbonyl (C=O) groups excluding carboxylic acids is 1. The van der Waals surface area contributed by atoms with Gasteiger partial charge in [0.25, 0.3) is 0 Å². The molecule has 0 radical (unpaired) electrons. The number of ether oxygens (including phenoxy) is 2. The fraction of sp³-hybridized carbons (Fsp3) is 0.364. The highest BCUT2D eigenvalue weighted by atomic mass is 31.2. The Morgan fingerprint density at radius 3 is 2.97 bits per heavy atom. The molecule has 5 atom stereocenters. The van der Waals surface area contributed by atoms with Crippen LogP contribution >= 0.6 is 8.17 Å². The molecule has 0 saturated carbocycles. The molecule has 2 aromatic heterocycles. The summed E-state index contributed by atoms with van der Waals surface area (Å²) in [4.78, 5) is 27.1. The molecule has 2 aliphatic rings. The number of hydrogen-bond acceptors (Lipinski definition) is 12. The number of aliphatic hydroxyl groups excluding tert-OH is 1. The Hall–Kier alpha value is -3.21. The second kappa shape index (κ2) is 9.34. The summed E-state index contributed by atoms with van der Waals surface area (Å²) in [6.07, 6.45) is -2.36. The molecule has 5 rings (SSSR count). The van der Waals surface area contributed by atoms with E-state index in [4.69, 9.17) is 28.8 Å². The van der Waals surface area contributed by atoms with Crippen LogP contribution in [0.15, 0.2) is 42.7 Å². The van der Waals surface area contributed by atoms with Gasteiger partial charge in [0.15, 0.2) is 11.9 Å². The van der Waals surface area contributed by atoms with Gasteiger partial charge in [0.2, 0.25) is 5.60 Å². The number of carbonyl (C=O) groups is 1. The molecule has 188 valence electrons. The molecule has 1 unspecified atom stereocenters.